The number of benzene rings is 2. The summed E-state index contributed by atoms with van der Waals surface area (Å²) < 4.78 is 25.1. The van der Waals surface area contributed by atoms with Crippen LogP contribution in [0.15, 0.2) is 53.3 Å². The van der Waals surface area contributed by atoms with Crippen molar-refractivity contribution in [3.63, 3.8) is 0 Å². The summed E-state index contributed by atoms with van der Waals surface area (Å²) >= 11 is 0. The van der Waals surface area contributed by atoms with Gasteiger partial charge >= 0.3 is 5.97 Å². The van der Waals surface area contributed by atoms with Crippen molar-refractivity contribution in [1.82, 2.24) is 9.78 Å². The van der Waals surface area contributed by atoms with Crippen LogP contribution in [0.4, 0.5) is 5.69 Å². The molecule has 0 unspecified atom stereocenters. The van der Waals surface area contributed by atoms with E-state index in [-0.39, 0.29) is 22.0 Å². The number of carbonyl (C=O) groups is 2. The third-order valence-electron chi connectivity index (χ3n) is 4.41. The molecular formula is C19H17N3O6S. The van der Waals surface area contributed by atoms with Gasteiger partial charge in [-0.3, -0.25) is 13.9 Å². The Labute approximate surface area is 165 Å². The minimum atomic E-state index is -3.44. The Morgan fingerprint density at radius 1 is 1.07 bits per heavy atom. The largest absolute Gasteiger partial charge is 0.476 e. The normalized spacial score (nSPS) is 11.4. The molecule has 150 valence electrons. The Bertz CT molecular complexity index is 1280. The van der Waals surface area contributed by atoms with Gasteiger partial charge in [0.1, 0.15) is 6.54 Å². The van der Waals surface area contributed by atoms with Crippen molar-refractivity contribution in [2.45, 2.75) is 6.54 Å². The molecule has 3 rings (SSSR count). The van der Waals surface area contributed by atoms with Crippen molar-refractivity contribution in [2.24, 2.45) is 0 Å². The van der Waals surface area contributed by atoms with Gasteiger partial charge in [-0.05, 0) is 30.3 Å². The highest BCUT2D eigenvalue weighted by molar-refractivity contribution is 7.92. The maximum absolute atomic E-state index is 12.6. The maximum Gasteiger partial charge on any atom is 0.357 e. The highest BCUT2D eigenvalue weighted by atomic mass is 32.2. The monoisotopic (exact) mass is 415 g/mol. The molecule has 1 aromatic heterocycles. The minimum absolute atomic E-state index is 0.151. The molecule has 0 bridgehead atoms. The van der Waals surface area contributed by atoms with Crippen molar-refractivity contribution in [1.29, 1.82) is 0 Å². The second-order valence-electron chi connectivity index (χ2n) is 6.36. The van der Waals surface area contributed by atoms with Gasteiger partial charge in [0.2, 0.25) is 10.0 Å². The van der Waals surface area contributed by atoms with E-state index < -0.39 is 33.9 Å². The maximum atomic E-state index is 12.6. The van der Waals surface area contributed by atoms with E-state index in [1.807, 2.05) is 0 Å². The van der Waals surface area contributed by atoms with Crippen molar-refractivity contribution in [3.05, 3.63) is 70.1 Å². The number of Topliss-reactive ketones (excluding diaryl/α,β-unsaturated/α-hetero) is 1. The van der Waals surface area contributed by atoms with Crippen LogP contribution in [-0.2, 0) is 16.6 Å². The van der Waals surface area contributed by atoms with Crippen molar-refractivity contribution < 1.29 is 23.1 Å². The van der Waals surface area contributed by atoms with Crippen molar-refractivity contribution >= 4 is 38.2 Å². The van der Waals surface area contributed by atoms with Crippen molar-refractivity contribution in [2.75, 3.05) is 17.6 Å². The number of carboxylic acids is 1. The molecule has 3 aromatic rings. The fraction of sp³-hybridized carbons (Fsp3) is 0.158. The van der Waals surface area contributed by atoms with Crippen LogP contribution in [0.25, 0.3) is 10.8 Å². The molecule has 1 heterocycles. The molecule has 0 aliphatic heterocycles. The van der Waals surface area contributed by atoms with Gasteiger partial charge in [-0.25, -0.2) is 17.9 Å². The Morgan fingerprint density at radius 2 is 1.66 bits per heavy atom. The number of fused-ring (bicyclic) bond motifs is 1. The third kappa shape index (κ3) is 4.02. The Morgan fingerprint density at radius 3 is 2.21 bits per heavy atom. The number of ketones is 1. The van der Waals surface area contributed by atoms with E-state index in [1.165, 1.54) is 43.4 Å². The summed E-state index contributed by atoms with van der Waals surface area (Å²) in [5, 5.41) is 13.6. The topological polar surface area (TPSA) is 127 Å². The van der Waals surface area contributed by atoms with E-state index in [1.54, 1.807) is 12.1 Å². The van der Waals surface area contributed by atoms with Crippen LogP contribution in [-0.4, -0.2) is 48.4 Å². The number of hydrogen-bond donors (Lipinski definition) is 1. The number of aromatic nitrogens is 2. The number of rotatable bonds is 6. The standard InChI is InChI=1S/C19H17N3O6S/c1-21(29(2,27)28)13-9-7-12(8-10-13)16(23)11-22-18(24)15-6-4-3-5-14(15)17(20-22)19(25)26/h3-10H,11H2,1-2H3,(H,25,26). The lowest BCUT2D eigenvalue weighted by Crippen LogP contribution is -2.29. The summed E-state index contributed by atoms with van der Waals surface area (Å²) in [7, 11) is -2.05. The third-order valence-corrected chi connectivity index (χ3v) is 5.62. The molecule has 2 aromatic carbocycles. The fourth-order valence-corrected chi connectivity index (χ4v) is 3.28. The predicted molar refractivity (Wildman–Crippen MR) is 107 cm³/mol. The first-order valence-corrected chi connectivity index (χ1v) is 10.2. The fourth-order valence-electron chi connectivity index (χ4n) is 2.78. The number of hydrogen-bond acceptors (Lipinski definition) is 6. The summed E-state index contributed by atoms with van der Waals surface area (Å²) in [4.78, 5) is 36.7. The number of carbonyl (C=O) groups excluding carboxylic acids is 1. The molecule has 0 radical (unpaired) electrons. The number of aromatic carboxylic acids is 1. The zero-order chi connectivity index (χ0) is 21.3. The molecule has 0 fully saturated rings. The van der Waals surface area contributed by atoms with Crippen LogP contribution in [0.3, 0.4) is 0 Å². The van der Waals surface area contributed by atoms with E-state index in [2.05, 4.69) is 5.10 Å². The van der Waals surface area contributed by atoms with E-state index >= 15 is 0 Å². The van der Waals surface area contributed by atoms with E-state index in [9.17, 15) is 27.9 Å². The Balaban J connectivity index is 1.95. The predicted octanol–water partition coefficient (Wildman–Crippen LogP) is 1.37. The van der Waals surface area contributed by atoms with Gasteiger partial charge in [-0.2, -0.15) is 5.10 Å². The van der Waals surface area contributed by atoms with E-state index in [4.69, 9.17) is 0 Å². The van der Waals surface area contributed by atoms with E-state index in [0.717, 1.165) is 15.2 Å². The van der Waals surface area contributed by atoms with Gasteiger partial charge in [0.25, 0.3) is 5.56 Å². The lowest BCUT2D eigenvalue weighted by molar-refractivity contribution is 0.0688. The highest BCUT2D eigenvalue weighted by Crippen LogP contribution is 2.17. The molecule has 1 N–H and O–H groups in total. The van der Waals surface area contributed by atoms with Crippen LogP contribution in [0.1, 0.15) is 20.8 Å². The van der Waals surface area contributed by atoms with Crippen LogP contribution >= 0.6 is 0 Å². The number of nitrogens with zero attached hydrogens (tertiary/aromatic N) is 3. The second kappa shape index (κ2) is 7.47. The van der Waals surface area contributed by atoms with Crippen LogP contribution in [0.2, 0.25) is 0 Å². The van der Waals surface area contributed by atoms with E-state index in [0.29, 0.717) is 5.69 Å². The number of sulfonamides is 1. The highest BCUT2D eigenvalue weighted by Gasteiger charge is 2.18. The zero-order valence-electron chi connectivity index (χ0n) is 15.6. The zero-order valence-corrected chi connectivity index (χ0v) is 16.4. The Hall–Kier alpha value is -3.53. The second-order valence-corrected chi connectivity index (χ2v) is 8.38. The SMILES string of the molecule is CN(c1ccc(C(=O)Cn2nc(C(=O)O)c3ccccc3c2=O)cc1)S(C)(=O)=O. The van der Waals surface area contributed by atoms with Crippen LogP contribution in [0, 0.1) is 0 Å². The lowest BCUT2D eigenvalue weighted by atomic mass is 10.1. The Kier molecular flexibility index (Phi) is 5.21. The first kappa shape index (κ1) is 20.2. The van der Waals surface area contributed by atoms with Crippen LogP contribution in [0.5, 0.6) is 0 Å². The average Bonchev–Trinajstić information content (AvgIpc) is 2.68. The van der Waals surface area contributed by atoms with Gasteiger partial charge in [0, 0.05) is 18.0 Å². The molecule has 0 spiro atoms. The first-order valence-electron chi connectivity index (χ1n) is 8.40. The smallest absolute Gasteiger partial charge is 0.357 e. The molecule has 10 heteroatoms. The average molecular weight is 415 g/mol. The molecule has 0 saturated carbocycles. The molecule has 0 aliphatic rings. The van der Waals surface area contributed by atoms with Crippen LogP contribution < -0.4 is 9.86 Å². The van der Waals surface area contributed by atoms with Gasteiger partial charge in [-0.15, -0.1) is 0 Å². The van der Waals surface area contributed by atoms with Gasteiger partial charge in [0.05, 0.1) is 17.3 Å². The lowest BCUT2D eigenvalue weighted by Gasteiger charge is -2.16. The molecule has 0 saturated heterocycles. The summed E-state index contributed by atoms with van der Waals surface area (Å²) in [6, 6.07) is 12.0. The number of carboxylic acid groups (broad SMARTS) is 1. The summed E-state index contributed by atoms with van der Waals surface area (Å²) in [6.07, 6.45) is 1.06. The molecule has 0 amide bonds. The minimum Gasteiger partial charge on any atom is -0.476 e. The van der Waals surface area contributed by atoms with Gasteiger partial charge < -0.3 is 5.11 Å². The molecular weight excluding hydrogens is 398 g/mol. The quantitative estimate of drug-likeness (QED) is 0.603. The summed E-state index contributed by atoms with van der Waals surface area (Å²) in [6.45, 7) is -0.453. The summed E-state index contributed by atoms with van der Waals surface area (Å²) in [5.74, 6) is -1.78. The molecule has 29 heavy (non-hydrogen) atoms. The number of anilines is 1. The molecule has 9 nitrogen and oxygen atoms in total. The van der Waals surface area contributed by atoms with Gasteiger partial charge in [0.15, 0.2) is 11.5 Å². The first-order chi connectivity index (χ1) is 13.6. The summed E-state index contributed by atoms with van der Waals surface area (Å²) in [5.41, 5.74) is -0.293. The van der Waals surface area contributed by atoms with Crippen molar-refractivity contribution in [3.8, 4) is 0 Å². The molecule has 0 aliphatic carbocycles. The van der Waals surface area contributed by atoms with Gasteiger partial charge in [-0.1, -0.05) is 18.2 Å². The molecule has 0 atom stereocenters.